The molecule has 0 aromatic carbocycles. The molecule has 0 spiro atoms. The van der Waals surface area contributed by atoms with Crippen LogP contribution in [-0.2, 0) is 33.6 Å². The first kappa shape index (κ1) is 42.0. The summed E-state index contributed by atoms with van der Waals surface area (Å²) in [5, 5.41) is 77.7. The van der Waals surface area contributed by atoms with Crippen molar-refractivity contribution in [2.45, 2.75) is 61.6 Å². The number of aliphatic carboxylic acids is 1. The standard InChI is InChI=1S/C24H44N8O14/c25-4-2-1-3-12(27-20(41)14(7-35)30-21(42)13(6-34)28-18(39)11(26)5-33)19(40)29-15(8-36)22(43)31-16(9-37)23(44)32-17(10-38)24(45)46/h11-17,33-38H,1-10,25-26H2,(H,27,41)(H,28,39)(H,29,40)(H,30,42)(H,31,43)(H,32,44)(H,45,46)/t11-,12-,13-,14-,15-,16-,17-/m0/s1. The van der Waals surface area contributed by atoms with Crippen LogP contribution in [-0.4, -0.2) is 166 Å². The van der Waals surface area contributed by atoms with E-state index in [-0.39, 0.29) is 19.4 Å². The number of carbonyl (C=O) groups is 7. The summed E-state index contributed by atoms with van der Waals surface area (Å²) in [4.78, 5) is 86.3. The Balaban J connectivity index is 5.65. The summed E-state index contributed by atoms with van der Waals surface area (Å²) in [7, 11) is 0. The second kappa shape index (κ2) is 22.5. The molecule has 6 amide bonds. The summed E-state index contributed by atoms with van der Waals surface area (Å²) in [6.07, 6.45) is 0.553. The third-order valence-corrected chi connectivity index (χ3v) is 6.17. The molecule has 0 aliphatic carbocycles. The number of aliphatic hydroxyl groups is 6. The van der Waals surface area contributed by atoms with E-state index in [1.165, 1.54) is 0 Å². The normalized spacial score (nSPS) is 15.5. The molecule has 264 valence electrons. The zero-order valence-corrected chi connectivity index (χ0v) is 24.8. The van der Waals surface area contributed by atoms with Crippen molar-refractivity contribution in [2.24, 2.45) is 11.5 Å². The summed E-state index contributed by atoms with van der Waals surface area (Å²) in [6, 6.07) is -11.5. The molecule has 22 nitrogen and oxygen atoms in total. The van der Waals surface area contributed by atoms with Crippen LogP contribution >= 0.6 is 0 Å². The number of carboxylic acid groups (broad SMARTS) is 1. The molecule has 0 radical (unpaired) electrons. The number of hydrogen-bond donors (Lipinski definition) is 15. The van der Waals surface area contributed by atoms with Gasteiger partial charge in [0.2, 0.25) is 35.4 Å². The van der Waals surface area contributed by atoms with Crippen LogP contribution in [0.25, 0.3) is 0 Å². The van der Waals surface area contributed by atoms with E-state index in [1.807, 2.05) is 16.0 Å². The van der Waals surface area contributed by atoms with Gasteiger partial charge in [0.25, 0.3) is 0 Å². The average molecular weight is 669 g/mol. The zero-order chi connectivity index (χ0) is 35.4. The Kier molecular flexibility index (Phi) is 20.5. The monoisotopic (exact) mass is 668 g/mol. The molecule has 0 aromatic heterocycles. The van der Waals surface area contributed by atoms with Crippen molar-refractivity contribution >= 4 is 41.4 Å². The van der Waals surface area contributed by atoms with Gasteiger partial charge in [0.15, 0.2) is 0 Å². The maximum Gasteiger partial charge on any atom is 0.328 e. The minimum absolute atomic E-state index is 0.0889. The van der Waals surface area contributed by atoms with Crippen molar-refractivity contribution in [3.05, 3.63) is 0 Å². The predicted octanol–water partition coefficient (Wildman–Crippen LogP) is -9.61. The third-order valence-electron chi connectivity index (χ3n) is 6.17. The van der Waals surface area contributed by atoms with E-state index in [0.717, 1.165) is 0 Å². The van der Waals surface area contributed by atoms with Crippen LogP contribution in [0.3, 0.4) is 0 Å². The van der Waals surface area contributed by atoms with Gasteiger partial charge in [-0.25, -0.2) is 4.79 Å². The molecule has 0 aliphatic heterocycles. The zero-order valence-electron chi connectivity index (χ0n) is 24.8. The number of hydrogen-bond acceptors (Lipinski definition) is 15. The van der Waals surface area contributed by atoms with E-state index >= 15 is 0 Å². The molecule has 0 aromatic rings. The molecule has 0 unspecified atom stereocenters. The highest BCUT2D eigenvalue weighted by atomic mass is 16.4. The molecular formula is C24H44N8O14. The molecule has 0 saturated heterocycles. The van der Waals surface area contributed by atoms with Gasteiger partial charge in [-0.15, -0.1) is 0 Å². The van der Waals surface area contributed by atoms with E-state index in [4.69, 9.17) is 26.8 Å². The topological polar surface area (TPSA) is 385 Å². The van der Waals surface area contributed by atoms with Gasteiger partial charge in [0.05, 0.1) is 39.6 Å². The van der Waals surface area contributed by atoms with Crippen molar-refractivity contribution in [3.63, 3.8) is 0 Å². The molecule has 0 heterocycles. The number of rotatable bonds is 23. The Hall–Kier alpha value is -4.03. The number of nitrogens with two attached hydrogens (primary N) is 2. The van der Waals surface area contributed by atoms with Crippen molar-refractivity contribution < 1.29 is 69.3 Å². The highest BCUT2D eigenvalue weighted by molar-refractivity contribution is 5.97. The van der Waals surface area contributed by atoms with Gasteiger partial charge < -0.3 is 79.1 Å². The lowest BCUT2D eigenvalue weighted by Gasteiger charge is -2.26. The summed E-state index contributed by atoms with van der Waals surface area (Å²) >= 11 is 0. The average Bonchev–Trinajstić information content (AvgIpc) is 3.04. The van der Waals surface area contributed by atoms with Crippen LogP contribution in [0.15, 0.2) is 0 Å². The second-order valence-corrected chi connectivity index (χ2v) is 9.69. The predicted molar refractivity (Wildman–Crippen MR) is 153 cm³/mol. The lowest BCUT2D eigenvalue weighted by atomic mass is 10.1. The Morgan fingerprint density at radius 2 is 0.761 bits per heavy atom. The number of amides is 6. The van der Waals surface area contributed by atoms with Crippen LogP contribution in [0, 0.1) is 0 Å². The summed E-state index contributed by atoms with van der Waals surface area (Å²) in [5.74, 6) is -8.30. The van der Waals surface area contributed by atoms with E-state index in [1.54, 1.807) is 0 Å². The summed E-state index contributed by atoms with van der Waals surface area (Å²) in [6.45, 7) is -5.61. The highest BCUT2D eigenvalue weighted by Crippen LogP contribution is 2.03. The van der Waals surface area contributed by atoms with Crippen molar-refractivity contribution in [1.82, 2.24) is 31.9 Å². The quantitative estimate of drug-likeness (QED) is 0.0449. The van der Waals surface area contributed by atoms with Crippen LogP contribution in [0.4, 0.5) is 0 Å². The minimum Gasteiger partial charge on any atom is -0.480 e. The molecule has 0 aliphatic rings. The molecule has 7 atom stereocenters. The first-order valence-electron chi connectivity index (χ1n) is 13.9. The Morgan fingerprint density at radius 3 is 1.07 bits per heavy atom. The van der Waals surface area contributed by atoms with Crippen molar-refractivity contribution in [1.29, 1.82) is 0 Å². The number of nitrogens with one attached hydrogen (secondary N) is 6. The van der Waals surface area contributed by atoms with E-state index < -0.39 is 123 Å². The van der Waals surface area contributed by atoms with Crippen molar-refractivity contribution in [3.8, 4) is 0 Å². The molecule has 0 bridgehead atoms. The van der Waals surface area contributed by atoms with E-state index in [0.29, 0.717) is 6.42 Å². The number of carboxylic acids is 1. The SMILES string of the molecule is NCCCC[C@H](NC(=O)[C@H](CO)NC(=O)[C@H](CO)NC(=O)[C@@H](N)CO)C(=O)N[C@@H](CO)C(=O)N[C@@H](CO)C(=O)N[C@@H](CO)C(=O)O. The first-order chi connectivity index (χ1) is 21.7. The van der Waals surface area contributed by atoms with Gasteiger partial charge in [-0.3, -0.25) is 28.8 Å². The highest BCUT2D eigenvalue weighted by Gasteiger charge is 2.33. The Labute approximate surface area is 262 Å². The smallest absolute Gasteiger partial charge is 0.328 e. The minimum atomic E-state index is -1.76. The van der Waals surface area contributed by atoms with Crippen LogP contribution in [0.1, 0.15) is 19.3 Å². The van der Waals surface area contributed by atoms with Gasteiger partial charge in [-0.2, -0.15) is 0 Å². The largest absolute Gasteiger partial charge is 0.480 e. The number of unbranched alkanes of at least 4 members (excludes halogenated alkanes) is 1. The summed E-state index contributed by atoms with van der Waals surface area (Å²) < 4.78 is 0. The third kappa shape index (κ3) is 14.4. The van der Waals surface area contributed by atoms with E-state index in [9.17, 15) is 54.0 Å². The fourth-order valence-electron chi connectivity index (χ4n) is 3.45. The molecule has 22 heteroatoms. The molecular weight excluding hydrogens is 624 g/mol. The second-order valence-electron chi connectivity index (χ2n) is 9.69. The van der Waals surface area contributed by atoms with Crippen LogP contribution in [0.5, 0.6) is 0 Å². The van der Waals surface area contributed by atoms with Gasteiger partial charge in [0, 0.05) is 0 Å². The fraction of sp³-hybridized carbons (Fsp3) is 0.708. The van der Waals surface area contributed by atoms with Crippen molar-refractivity contribution in [2.75, 3.05) is 46.2 Å². The maximum atomic E-state index is 13.1. The van der Waals surface area contributed by atoms with Gasteiger partial charge in [0.1, 0.15) is 42.3 Å². The molecule has 0 rings (SSSR count). The lowest BCUT2D eigenvalue weighted by Crippen LogP contribution is -2.61. The van der Waals surface area contributed by atoms with E-state index in [2.05, 4.69) is 16.0 Å². The molecule has 46 heavy (non-hydrogen) atoms. The molecule has 17 N–H and O–H groups in total. The van der Waals surface area contributed by atoms with Gasteiger partial charge in [-0.1, -0.05) is 0 Å². The number of carbonyl (C=O) groups excluding carboxylic acids is 6. The van der Waals surface area contributed by atoms with Gasteiger partial charge in [-0.05, 0) is 25.8 Å². The van der Waals surface area contributed by atoms with Crippen LogP contribution in [0.2, 0.25) is 0 Å². The van der Waals surface area contributed by atoms with Gasteiger partial charge >= 0.3 is 5.97 Å². The molecule has 0 saturated carbocycles. The molecule has 0 fully saturated rings. The maximum absolute atomic E-state index is 13.1. The first-order valence-corrected chi connectivity index (χ1v) is 13.9. The van der Waals surface area contributed by atoms with Crippen LogP contribution < -0.4 is 43.4 Å². The lowest BCUT2D eigenvalue weighted by molar-refractivity contribution is -0.143. The number of aliphatic hydroxyl groups excluding tert-OH is 6. The fourth-order valence-corrected chi connectivity index (χ4v) is 3.45. The summed E-state index contributed by atoms with van der Waals surface area (Å²) in [5.41, 5.74) is 10.8. The Morgan fingerprint density at radius 1 is 0.457 bits per heavy atom. The Bertz CT molecular complexity index is 1030.